The Morgan fingerprint density at radius 3 is 3.00 bits per heavy atom. The van der Waals surface area contributed by atoms with Crippen LogP contribution in [0.5, 0.6) is 0 Å². The molecule has 1 aromatic carbocycles. The lowest BCUT2D eigenvalue weighted by molar-refractivity contribution is 0.850. The van der Waals surface area contributed by atoms with Crippen LogP contribution in [0.15, 0.2) is 24.4 Å². The molecule has 4 nitrogen and oxygen atoms in total. The largest absolute Gasteiger partial charge is 0.369 e. The van der Waals surface area contributed by atoms with Crippen molar-refractivity contribution in [3.8, 4) is 0 Å². The minimum Gasteiger partial charge on any atom is -0.369 e. The average molecular weight is 370 g/mol. The number of rotatable bonds is 2. The van der Waals surface area contributed by atoms with Crippen molar-refractivity contribution in [2.24, 2.45) is 0 Å². The Morgan fingerprint density at radius 2 is 2.28 bits per heavy atom. The third kappa shape index (κ3) is 2.10. The van der Waals surface area contributed by atoms with E-state index in [1.165, 1.54) is 8.45 Å². The molecule has 0 amide bonds. The summed E-state index contributed by atoms with van der Waals surface area (Å²) in [6.45, 7) is 2.74. The number of fused-ring (bicyclic) bond motifs is 1. The second kappa shape index (κ2) is 4.51. The number of aromatic nitrogens is 3. The third-order valence-corrected chi connectivity index (χ3v) is 4.29. The van der Waals surface area contributed by atoms with E-state index in [0.717, 1.165) is 22.6 Å². The summed E-state index contributed by atoms with van der Waals surface area (Å²) in [7, 11) is 0. The van der Waals surface area contributed by atoms with Gasteiger partial charge in [0, 0.05) is 14.6 Å². The van der Waals surface area contributed by atoms with Gasteiger partial charge in [-0.05, 0) is 47.7 Å². The molecule has 0 aliphatic carbocycles. The number of anilines is 1. The molecular weight excluding hydrogens is 359 g/mol. The summed E-state index contributed by atoms with van der Waals surface area (Å²) in [5, 5.41) is 1.07. The maximum atomic E-state index is 5.99. The topological polar surface area (TPSA) is 56.7 Å². The molecule has 2 heterocycles. The van der Waals surface area contributed by atoms with Crippen molar-refractivity contribution >= 4 is 50.9 Å². The number of nitrogen functional groups attached to an aromatic ring is 1. The van der Waals surface area contributed by atoms with Gasteiger partial charge in [0.25, 0.3) is 0 Å². The second-order valence-corrected chi connectivity index (χ2v) is 6.60. The fourth-order valence-electron chi connectivity index (χ4n) is 1.92. The number of aryl methyl sites for hydroxylation is 1. The van der Waals surface area contributed by atoms with Crippen LogP contribution in [0.4, 0.5) is 5.95 Å². The van der Waals surface area contributed by atoms with Crippen LogP contribution in [-0.2, 0) is 6.54 Å². The lowest BCUT2D eigenvalue weighted by atomic mass is 10.3. The van der Waals surface area contributed by atoms with Crippen LogP contribution in [0.1, 0.15) is 9.88 Å². The summed E-state index contributed by atoms with van der Waals surface area (Å²) in [5.41, 5.74) is 8.01. The van der Waals surface area contributed by atoms with Gasteiger partial charge in [-0.15, -0.1) is 11.3 Å². The molecule has 0 atom stereocenters. The van der Waals surface area contributed by atoms with E-state index in [1.807, 2.05) is 23.8 Å². The molecule has 3 aromatic rings. The highest BCUT2D eigenvalue weighted by Crippen LogP contribution is 2.23. The number of nitrogens with two attached hydrogens (primary N) is 1. The van der Waals surface area contributed by atoms with Gasteiger partial charge in [0.1, 0.15) is 0 Å². The SMILES string of the molecule is Cc1ncc(Cn2c(N)nc3cc(I)ccc32)s1. The van der Waals surface area contributed by atoms with Gasteiger partial charge in [0.05, 0.1) is 22.6 Å². The standard InChI is InChI=1S/C12H11IN4S/c1-7-15-5-9(18-7)6-17-11-3-2-8(13)4-10(11)16-12(17)14/h2-5H,6H2,1H3,(H2,14,16). The number of hydrogen-bond donors (Lipinski definition) is 1. The maximum absolute atomic E-state index is 5.99. The van der Waals surface area contributed by atoms with E-state index in [1.54, 1.807) is 11.3 Å². The monoisotopic (exact) mass is 370 g/mol. The summed E-state index contributed by atoms with van der Waals surface area (Å²) < 4.78 is 3.19. The summed E-state index contributed by atoms with van der Waals surface area (Å²) in [4.78, 5) is 9.85. The van der Waals surface area contributed by atoms with Crippen LogP contribution >= 0.6 is 33.9 Å². The Hall–Kier alpha value is -1.15. The number of imidazole rings is 1. The van der Waals surface area contributed by atoms with E-state index in [0.29, 0.717) is 5.95 Å². The van der Waals surface area contributed by atoms with E-state index in [-0.39, 0.29) is 0 Å². The van der Waals surface area contributed by atoms with Crippen LogP contribution in [0, 0.1) is 10.5 Å². The average Bonchev–Trinajstić information content (AvgIpc) is 2.84. The summed E-state index contributed by atoms with van der Waals surface area (Å²) in [6.07, 6.45) is 1.90. The number of hydrogen-bond acceptors (Lipinski definition) is 4. The molecule has 0 bridgehead atoms. The predicted octanol–water partition coefficient (Wildman–Crippen LogP) is 3.04. The zero-order chi connectivity index (χ0) is 12.7. The minimum atomic E-state index is 0.554. The maximum Gasteiger partial charge on any atom is 0.201 e. The van der Waals surface area contributed by atoms with Gasteiger partial charge in [0.15, 0.2) is 0 Å². The predicted molar refractivity (Wildman–Crippen MR) is 82.8 cm³/mol. The smallest absolute Gasteiger partial charge is 0.201 e. The molecule has 0 radical (unpaired) electrons. The van der Waals surface area contributed by atoms with Crippen molar-refractivity contribution in [3.05, 3.63) is 37.9 Å². The number of benzene rings is 1. The summed E-state index contributed by atoms with van der Waals surface area (Å²) >= 11 is 3.97. The Labute approximate surface area is 122 Å². The molecule has 0 fully saturated rings. The van der Waals surface area contributed by atoms with Gasteiger partial charge in [-0.2, -0.15) is 0 Å². The van der Waals surface area contributed by atoms with Gasteiger partial charge in [0.2, 0.25) is 5.95 Å². The molecule has 0 saturated carbocycles. The van der Waals surface area contributed by atoms with E-state index in [2.05, 4.69) is 44.7 Å². The van der Waals surface area contributed by atoms with E-state index < -0.39 is 0 Å². The molecule has 0 saturated heterocycles. The molecule has 0 spiro atoms. The van der Waals surface area contributed by atoms with Crippen LogP contribution < -0.4 is 5.73 Å². The van der Waals surface area contributed by atoms with Crippen molar-refractivity contribution in [2.45, 2.75) is 13.5 Å². The van der Waals surface area contributed by atoms with Crippen molar-refractivity contribution in [3.63, 3.8) is 0 Å². The highest BCUT2D eigenvalue weighted by molar-refractivity contribution is 14.1. The van der Waals surface area contributed by atoms with Gasteiger partial charge in [-0.3, -0.25) is 0 Å². The second-order valence-electron chi connectivity index (χ2n) is 4.03. The van der Waals surface area contributed by atoms with Crippen molar-refractivity contribution in [2.75, 3.05) is 5.73 Å². The molecular formula is C12H11IN4S. The highest BCUT2D eigenvalue weighted by Gasteiger charge is 2.10. The van der Waals surface area contributed by atoms with E-state index in [4.69, 9.17) is 5.73 Å². The van der Waals surface area contributed by atoms with Crippen LogP contribution in [0.2, 0.25) is 0 Å². The third-order valence-electron chi connectivity index (χ3n) is 2.72. The van der Waals surface area contributed by atoms with Gasteiger partial charge in [-0.25, -0.2) is 9.97 Å². The normalized spacial score (nSPS) is 11.2. The first-order valence-corrected chi connectivity index (χ1v) is 7.35. The number of halogens is 1. The zero-order valence-electron chi connectivity index (χ0n) is 9.72. The highest BCUT2D eigenvalue weighted by atomic mass is 127. The molecule has 6 heteroatoms. The van der Waals surface area contributed by atoms with Crippen molar-refractivity contribution in [1.29, 1.82) is 0 Å². The number of nitrogens with zero attached hydrogens (tertiary/aromatic N) is 3. The first-order chi connectivity index (χ1) is 8.63. The van der Waals surface area contributed by atoms with Crippen molar-refractivity contribution in [1.82, 2.24) is 14.5 Å². The summed E-state index contributed by atoms with van der Waals surface area (Å²) in [6, 6.07) is 6.17. The fraction of sp³-hybridized carbons (Fsp3) is 0.167. The van der Waals surface area contributed by atoms with Gasteiger partial charge < -0.3 is 10.3 Å². The summed E-state index contributed by atoms with van der Waals surface area (Å²) in [5.74, 6) is 0.554. The van der Waals surface area contributed by atoms with Crippen molar-refractivity contribution < 1.29 is 0 Å². The molecule has 0 aliphatic rings. The molecule has 2 N–H and O–H groups in total. The molecule has 92 valence electrons. The van der Waals surface area contributed by atoms with Gasteiger partial charge >= 0.3 is 0 Å². The van der Waals surface area contributed by atoms with Crippen LogP contribution in [0.25, 0.3) is 11.0 Å². The Balaban J connectivity index is 2.08. The van der Waals surface area contributed by atoms with Crippen LogP contribution in [-0.4, -0.2) is 14.5 Å². The lowest BCUT2D eigenvalue weighted by Gasteiger charge is -2.03. The zero-order valence-corrected chi connectivity index (χ0v) is 12.7. The Bertz CT molecular complexity index is 716. The molecule has 0 unspecified atom stereocenters. The fourth-order valence-corrected chi connectivity index (χ4v) is 3.18. The van der Waals surface area contributed by atoms with E-state index in [9.17, 15) is 0 Å². The molecule has 3 rings (SSSR count). The first-order valence-electron chi connectivity index (χ1n) is 5.46. The number of thiazole rings is 1. The lowest BCUT2D eigenvalue weighted by Crippen LogP contribution is -2.03. The van der Waals surface area contributed by atoms with Gasteiger partial charge in [-0.1, -0.05) is 0 Å². The first kappa shape index (κ1) is 11.9. The Kier molecular flexibility index (Phi) is 2.98. The molecule has 18 heavy (non-hydrogen) atoms. The minimum absolute atomic E-state index is 0.554. The quantitative estimate of drug-likeness (QED) is 0.706. The molecule has 0 aliphatic heterocycles. The van der Waals surface area contributed by atoms with E-state index >= 15 is 0 Å². The van der Waals surface area contributed by atoms with Crippen LogP contribution in [0.3, 0.4) is 0 Å². The molecule has 2 aromatic heterocycles. The Morgan fingerprint density at radius 1 is 1.44 bits per heavy atom.